The third-order valence-corrected chi connectivity index (χ3v) is 2.41. The lowest BCUT2D eigenvalue weighted by Crippen LogP contribution is -2.04. The van der Waals surface area contributed by atoms with Crippen LogP contribution in [-0.4, -0.2) is 12.9 Å². The quantitative estimate of drug-likeness (QED) is 0.667. The van der Waals surface area contributed by atoms with Crippen LogP contribution < -0.4 is 5.73 Å². The summed E-state index contributed by atoms with van der Waals surface area (Å²) in [5, 5.41) is 0. The maximum atomic E-state index is 13.5. The van der Waals surface area contributed by atoms with Crippen molar-refractivity contribution in [2.24, 2.45) is 0 Å². The van der Waals surface area contributed by atoms with Gasteiger partial charge in [-0.25, -0.2) is 4.39 Å². The number of benzene rings is 1. The van der Waals surface area contributed by atoms with Crippen molar-refractivity contribution in [3.8, 4) is 0 Å². The standard InChI is InChI=1S/C13H12FNO3/c1-17-7-9-3-5-12(18-9)13(16)10-6-8(15)2-4-11(10)14/h2-6H,7,15H2,1H3. The number of ether oxygens (including phenoxy) is 1. The summed E-state index contributed by atoms with van der Waals surface area (Å²) in [6.45, 7) is 0.257. The van der Waals surface area contributed by atoms with E-state index >= 15 is 0 Å². The number of methoxy groups -OCH3 is 1. The molecule has 0 saturated carbocycles. The Hall–Kier alpha value is -2.14. The predicted molar refractivity (Wildman–Crippen MR) is 63.7 cm³/mol. The zero-order valence-corrected chi connectivity index (χ0v) is 9.77. The number of hydrogen-bond donors (Lipinski definition) is 1. The fraction of sp³-hybridized carbons (Fsp3) is 0.154. The first-order valence-electron chi connectivity index (χ1n) is 5.29. The lowest BCUT2D eigenvalue weighted by molar-refractivity contribution is 0.0996. The summed E-state index contributed by atoms with van der Waals surface area (Å²) in [6, 6.07) is 6.93. The molecular weight excluding hydrogens is 237 g/mol. The molecule has 0 aliphatic heterocycles. The summed E-state index contributed by atoms with van der Waals surface area (Å²) >= 11 is 0. The SMILES string of the molecule is COCc1ccc(C(=O)c2cc(N)ccc2F)o1. The molecule has 0 aliphatic carbocycles. The first-order valence-corrected chi connectivity index (χ1v) is 5.29. The van der Waals surface area contributed by atoms with Crippen molar-refractivity contribution in [1.82, 2.24) is 0 Å². The van der Waals surface area contributed by atoms with Crippen molar-refractivity contribution < 1.29 is 18.3 Å². The molecule has 1 aromatic carbocycles. The predicted octanol–water partition coefficient (Wildman–Crippen LogP) is 2.38. The van der Waals surface area contributed by atoms with Crippen molar-refractivity contribution in [1.29, 1.82) is 0 Å². The molecule has 0 bridgehead atoms. The van der Waals surface area contributed by atoms with Crippen molar-refractivity contribution in [2.75, 3.05) is 12.8 Å². The fourth-order valence-electron chi connectivity index (χ4n) is 1.57. The fourth-order valence-corrected chi connectivity index (χ4v) is 1.57. The van der Waals surface area contributed by atoms with Gasteiger partial charge in [0, 0.05) is 12.8 Å². The number of nitrogens with two attached hydrogens (primary N) is 1. The van der Waals surface area contributed by atoms with Crippen LogP contribution in [-0.2, 0) is 11.3 Å². The molecule has 4 nitrogen and oxygen atoms in total. The second kappa shape index (κ2) is 5.01. The van der Waals surface area contributed by atoms with Gasteiger partial charge in [0.2, 0.25) is 5.78 Å². The van der Waals surface area contributed by atoms with E-state index in [1.165, 1.54) is 25.3 Å². The van der Waals surface area contributed by atoms with Gasteiger partial charge in [0.25, 0.3) is 0 Å². The molecule has 2 N–H and O–H groups in total. The lowest BCUT2D eigenvalue weighted by Gasteiger charge is -2.01. The molecule has 5 heteroatoms. The highest BCUT2D eigenvalue weighted by atomic mass is 19.1. The Morgan fingerprint density at radius 1 is 1.39 bits per heavy atom. The first kappa shape index (κ1) is 12.3. The Balaban J connectivity index is 2.32. The molecule has 1 heterocycles. The van der Waals surface area contributed by atoms with E-state index in [-0.39, 0.29) is 17.9 Å². The van der Waals surface area contributed by atoms with E-state index in [9.17, 15) is 9.18 Å². The van der Waals surface area contributed by atoms with Crippen molar-refractivity contribution in [3.05, 3.63) is 53.2 Å². The summed E-state index contributed by atoms with van der Waals surface area (Å²) < 4.78 is 23.6. The maximum Gasteiger partial charge on any atom is 0.231 e. The topological polar surface area (TPSA) is 65.5 Å². The third-order valence-electron chi connectivity index (χ3n) is 2.41. The minimum Gasteiger partial charge on any atom is -0.455 e. The number of anilines is 1. The molecular formula is C13H12FNO3. The molecule has 94 valence electrons. The summed E-state index contributed by atoms with van der Waals surface area (Å²) in [5.41, 5.74) is 5.75. The number of halogens is 1. The van der Waals surface area contributed by atoms with E-state index in [0.29, 0.717) is 11.4 Å². The zero-order chi connectivity index (χ0) is 13.1. The smallest absolute Gasteiger partial charge is 0.231 e. The van der Waals surface area contributed by atoms with Crippen LogP contribution in [0.25, 0.3) is 0 Å². The average Bonchev–Trinajstić information content (AvgIpc) is 2.80. The molecule has 0 unspecified atom stereocenters. The summed E-state index contributed by atoms with van der Waals surface area (Å²) in [6.07, 6.45) is 0. The van der Waals surface area contributed by atoms with Crippen LogP contribution in [0.15, 0.2) is 34.7 Å². The number of ketones is 1. The zero-order valence-electron chi connectivity index (χ0n) is 9.77. The second-order valence-corrected chi connectivity index (χ2v) is 3.77. The summed E-state index contributed by atoms with van der Waals surface area (Å²) in [5.74, 6) is -0.599. The summed E-state index contributed by atoms with van der Waals surface area (Å²) in [7, 11) is 1.52. The highest BCUT2D eigenvalue weighted by Gasteiger charge is 2.17. The van der Waals surface area contributed by atoms with Gasteiger partial charge in [0.15, 0.2) is 5.76 Å². The molecule has 0 radical (unpaired) electrons. The van der Waals surface area contributed by atoms with E-state index in [1.54, 1.807) is 6.07 Å². The van der Waals surface area contributed by atoms with Gasteiger partial charge in [-0.2, -0.15) is 0 Å². The van der Waals surface area contributed by atoms with Gasteiger partial charge in [0.05, 0.1) is 5.56 Å². The van der Waals surface area contributed by atoms with Gasteiger partial charge in [-0.15, -0.1) is 0 Å². The molecule has 2 rings (SSSR count). The minimum absolute atomic E-state index is 0.0616. The van der Waals surface area contributed by atoms with E-state index in [0.717, 1.165) is 6.07 Å². The normalized spacial score (nSPS) is 10.6. The Morgan fingerprint density at radius 2 is 2.17 bits per heavy atom. The second-order valence-electron chi connectivity index (χ2n) is 3.77. The molecule has 0 aliphatic rings. The lowest BCUT2D eigenvalue weighted by atomic mass is 10.1. The Morgan fingerprint density at radius 3 is 2.89 bits per heavy atom. The molecule has 0 amide bonds. The van der Waals surface area contributed by atoms with Gasteiger partial charge in [-0.1, -0.05) is 0 Å². The van der Waals surface area contributed by atoms with E-state index < -0.39 is 11.6 Å². The Labute approximate surface area is 103 Å². The third kappa shape index (κ3) is 2.41. The molecule has 0 fully saturated rings. The van der Waals surface area contributed by atoms with Gasteiger partial charge >= 0.3 is 0 Å². The van der Waals surface area contributed by atoms with E-state index in [4.69, 9.17) is 14.9 Å². The van der Waals surface area contributed by atoms with Gasteiger partial charge in [-0.05, 0) is 30.3 Å². The summed E-state index contributed by atoms with van der Waals surface area (Å²) in [4.78, 5) is 12.0. The molecule has 0 saturated heterocycles. The molecule has 2 aromatic rings. The molecule has 1 aromatic heterocycles. The first-order chi connectivity index (χ1) is 8.61. The van der Waals surface area contributed by atoms with Crippen LogP contribution in [0.1, 0.15) is 21.9 Å². The van der Waals surface area contributed by atoms with Gasteiger partial charge < -0.3 is 14.9 Å². The van der Waals surface area contributed by atoms with Crippen LogP contribution in [0, 0.1) is 5.82 Å². The minimum atomic E-state index is -0.626. The monoisotopic (exact) mass is 249 g/mol. The molecule has 0 spiro atoms. The highest BCUT2D eigenvalue weighted by Crippen LogP contribution is 2.18. The molecule has 0 atom stereocenters. The van der Waals surface area contributed by atoms with Crippen LogP contribution >= 0.6 is 0 Å². The van der Waals surface area contributed by atoms with E-state index in [1.807, 2.05) is 0 Å². The average molecular weight is 249 g/mol. The highest BCUT2D eigenvalue weighted by molar-refractivity contribution is 6.07. The van der Waals surface area contributed by atoms with Crippen molar-refractivity contribution in [2.45, 2.75) is 6.61 Å². The van der Waals surface area contributed by atoms with Crippen LogP contribution in [0.3, 0.4) is 0 Å². The number of furan rings is 1. The van der Waals surface area contributed by atoms with Gasteiger partial charge in [0.1, 0.15) is 18.2 Å². The molecule has 18 heavy (non-hydrogen) atoms. The number of nitrogen functional groups attached to an aromatic ring is 1. The van der Waals surface area contributed by atoms with Crippen LogP contribution in [0.5, 0.6) is 0 Å². The number of hydrogen-bond acceptors (Lipinski definition) is 4. The van der Waals surface area contributed by atoms with Crippen LogP contribution in [0.2, 0.25) is 0 Å². The Kier molecular flexibility index (Phi) is 3.43. The number of carbonyl (C=O) groups is 1. The van der Waals surface area contributed by atoms with Gasteiger partial charge in [-0.3, -0.25) is 4.79 Å². The van der Waals surface area contributed by atoms with Crippen molar-refractivity contribution in [3.63, 3.8) is 0 Å². The van der Waals surface area contributed by atoms with Crippen LogP contribution in [0.4, 0.5) is 10.1 Å². The Bertz CT molecular complexity index is 577. The van der Waals surface area contributed by atoms with Crippen molar-refractivity contribution >= 4 is 11.5 Å². The largest absolute Gasteiger partial charge is 0.455 e. The number of carbonyl (C=O) groups excluding carboxylic acids is 1. The number of rotatable bonds is 4. The van der Waals surface area contributed by atoms with E-state index in [2.05, 4.69) is 0 Å². The maximum absolute atomic E-state index is 13.5.